The molecular weight excluding hydrogens is 481 g/mol. The topological polar surface area (TPSA) is 86.7 Å². The largest absolute Gasteiger partial charge is 1.00 e. The number of carbonyl (C=O) groups is 1. The molecule has 0 aromatic heterocycles. The van der Waals surface area contributed by atoms with E-state index in [1.807, 2.05) is 0 Å². The summed E-state index contributed by atoms with van der Waals surface area (Å²) in [5.74, 6) is -0.913. The van der Waals surface area contributed by atoms with Crippen molar-refractivity contribution in [3.63, 3.8) is 0 Å². The minimum atomic E-state index is -3.86. The molecule has 2 N–H and O–H groups in total. The van der Waals surface area contributed by atoms with Crippen molar-refractivity contribution >= 4 is 21.7 Å². The van der Waals surface area contributed by atoms with E-state index in [4.69, 9.17) is 0 Å². The van der Waals surface area contributed by atoms with Crippen LogP contribution in [0.2, 0.25) is 0 Å². The molecule has 1 amide bonds. The normalized spacial score (nSPS) is 15.8. The van der Waals surface area contributed by atoms with Gasteiger partial charge in [-0.25, -0.2) is 8.42 Å². The molecule has 9 heteroatoms. The lowest BCUT2D eigenvalue weighted by atomic mass is 10.1. The van der Waals surface area contributed by atoms with E-state index in [0.717, 1.165) is 34.8 Å². The van der Waals surface area contributed by atoms with E-state index < -0.39 is 15.9 Å². The third kappa shape index (κ3) is 4.75. The Labute approximate surface area is 178 Å². The summed E-state index contributed by atoms with van der Waals surface area (Å²) in [7, 11) is -0.420. The summed E-state index contributed by atoms with van der Waals surface area (Å²) in [5.41, 5.74) is -0.0936. The van der Waals surface area contributed by atoms with Crippen molar-refractivity contribution in [1.82, 2.24) is 9.62 Å². The summed E-state index contributed by atoms with van der Waals surface area (Å²) in [4.78, 5) is 12.5. The van der Waals surface area contributed by atoms with Crippen LogP contribution in [0.4, 0.5) is 0 Å². The first-order chi connectivity index (χ1) is 12.2. The fourth-order valence-electron chi connectivity index (χ4n) is 2.97. The molecule has 1 aromatic carbocycles. The summed E-state index contributed by atoms with van der Waals surface area (Å²) in [5, 5.41) is 13.2. The average Bonchev–Trinajstić information content (AvgIpc) is 2.64. The summed E-state index contributed by atoms with van der Waals surface area (Å²) in [6.07, 6.45) is 0.769. The molecule has 0 atom stereocenters. The molecule has 0 aliphatic carbocycles. The summed E-state index contributed by atoms with van der Waals surface area (Å²) < 4.78 is 27.0. The van der Waals surface area contributed by atoms with Crippen LogP contribution >= 0.6 is 0 Å². The zero-order chi connectivity index (χ0) is 19.5. The Morgan fingerprint density at radius 1 is 1.22 bits per heavy atom. The van der Waals surface area contributed by atoms with Gasteiger partial charge in [0, 0.05) is 25.6 Å². The van der Waals surface area contributed by atoms with Crippen LogP contribution in [-0.4, -0.2) is 68.5 Å². The number of fused-ring (bicyclic) bond motifs is 1. The van der Waals surface area contributed by atoms with Gasteiger partial charge in [0.1, 0.15) is 0 Å². The van der Waals surface area contributed by atoms with Crippen LogP contribution in [0.3, 0.4) is 0 Å². The molecule has 0 radical (unpaired) electrons. The van der Waals surface area contributed by atoms with E-state index >= 15 is 0 Å². The van der Waals surface area contributed by atoms with Crippen LogP contribution in [0, 0.1) is 0 Å². The molecule has 1 heterocycles. The maximum Gasteiger partial charge on any atom is 0.272 e. The van der Waals surface area contributed by atoms with Gasteiger partial charge in [0.2, 0.25) is 0 Å². The molecule has 1 aliphatic heterocycles. The highest BCUT2D eigenvalue weighted by Gasteiger charge is 2.37. The lowest BCUT2D eigenvalue weighted by Crippen LogP contribution is -3.00. The molecule has 1 aromatic rings. The first-order valence-electron chi connectivity index (χ1n) is 8.81. The molecular formula is C18H28IN3O4S. The number of likely N-dealkylation sites (N-methyl/N-ethyl adjacent to an activating group) is 1. The van der Waals surface area contributed by atoms with Gasteiger partial charge in [0.05, 0.1) is 31.6 Å². The molecule has 152 valence electrons. The predicted molar refractivity (Wildman–Crippen MR) is 101 cm³/mol. The Bertz CT molecular complexity index is 820. The zero-order valence-corrected chi connectivity index (χ0v) is 19.2. The van der Waals surface area contributed by atoms with Crippen molar-refractivity contribution in [2.45, 2.75) is 25.2 Å². The Hall–Kier alpha value is -1.33. The van der Waals surface area contributed by atoms with Gasteiger partial charge in [-0.3, -0.25) is 9.10 Å². The number of nitrogens with zero attached hydrogens (tertiary/aromatic N) is 2. The van der Waals surface area contributed by atoms with E-state index in [2.05, 4.69) is 26.2 Å². The predicted octanol–water partition coefficient (Wildman–Crippen LogP) is -1.46. The Morgan fingerprint density at radius 3 is 2.41 bits per heavy atom. The first-order valence-corrected chi connectivity index (χ1v) is 10.2. The fourth-order valence-corrected chi connectivity index (χ4v) is 4.37. The Kier molecular flexibility index (Phi) is 8.12. The van der Waals surface area contributed by atoms with E-state index in [1.54, 1.807) is 12.1 Å². The number of rotatable bonds is 7. The van der Waals surface area contributed by atoms with E-state index in [1.165, 1.54) is 19.2 Å². The number of benzene rings is 1. The molecule has 2 rings (SSSR count). The van der Waals surface area contributed by atoms with Gasteiger partial charge in [0.25, 0.3) is 15.9 Å². The molecule has 0 saturated carbocycles. The molecule has 0 fully saturated rings. The zero-order valence-electron chi connectivity index (χ0n) is 16.2. The van der Waals surface area contributed by atoms with Crippen LogP contribution < -0.4 is 29.3 Å². The van der Waals surface area contributed by atoms with E-state index in [9.17, 15) is 18.3 Å². The summed E-state index contributed by atoms with van der Waals surface area (Å²) in [6, 6.07) is 6.12. The number of hydrogen-bond donors (Lipinski definition) is 2. The maximum absolute atomic E-state index is 12.6. The molecule has 27 heavy (non-hydrogen) atoms. The number of halogens is 1. The van der Waals surface area contributed by atoms with Crippen LogP contribution in [-0.2, 0) is 14.8 Å². The Balaban J connectivity index is 0.00000364. The van der Waals surface area contributed by atoms with Crippen molar-refractivity contribution in [1.29, 1.82) is 0 Å². The lowest BCUT2D eigenvalue weighted by molar-refractivity contribution is -0.906. The quantitative estimate of drug-likeness (QED) is 0.268. The van der Waals surface area contributed by atoms with Gasteiger partial charge in [-0.2, -0.15) is 0 Å². The van der Waals surface area contributed by atoms with Gasteiger partial charge in [0.15, 0.2) is 11.5 Å². The van der Waals surface area contributed by atoms with Gasteiger partial charge >= 0.3 is 0 Å². The highest BCUT2D eigenvalue weighted by molar-refractivity contribution is 7.89. The monoisotopic (exact) mass is 509 g/mol. The van der Waals surface area contributed by atoms with Crippen molar-refractivity contribution < 1.29 is 46.8 Å². The molecule has 0 spiro atoms. The van der Waals surface area contributed by atoms with Crippen molar-refractivity contribution in [3.8, 4) is 0 Å². The van der Waals surface area contributed by atoms with Crippen LogP contribution in [0.1, 0.15) is 25.8 Å². The summed E-state index contributed by atoms with van der Waals surface area (Å²) >= 11 is 0. The van der Waals surface area contributed by atoms with Crippen LogP contribution in [0.5, 0.6) is 0 Å². The first kappa shape index (κ1) is 23.7. The van der Waals surface area contributed by atoms with Gasteiger partial charge in [-0.05, 0) is 26.0 Å². The Morgan fingerprint density at radius 2 is 1.81 bits per heavy atom. The number of aliphatic hydroxyl groups is 1. The van der Waals surface area contributed by atoms with Gasteiger partial charge in [-0.1, -0.05) is 12.1 Å². The van der Waals surface area contributed by atoms with E-state index in [-0.39, 0.29) is 45.9 Å². The third-order valence-electron chi connectivity index (χ3n) is 5.22. The number of carbonyl (C=O) groups excluding carboxylic acids is 1. The second kappa shape index (κ2) is 9.24. The van der Waals surface area contributed by atoms with Crippen LogP contribution in [0.25, 0.3) is 5.76 Å². The minimum Gasteiger partial charge on any atom is -1.00 e. The molecule has 0 unspecified atom stereocenters. The average molecular weight is 509 g/mol. The smallest absolute Gasteiger partial charge is 0.272 e. The highest BCUT2D eigenvalue weighted by atomic mass is 127. The van der Waals surface area contributed by atoms with Crippen molar-refractivity contribution in [3.05, 3.63) is 35.5 Å². The second-order valence-electron chi connectivity index (χ2n) is 6.75. The van der Waals surface area contributed by atoms with Gasteiger partial charge in [-0.15, -0.1) is 0 Å². The van der Waals surface area contributed by atoms with Gasteiger partial charge < -0.3 is 38.9 Å². The number of amides is 1. The maximum atomic E-state index is 12.6. The highest BCUT2D eigenvalue weighted by Crippen LogP contribution is 2.34. The number of aliphatic hydroxyl groups excluding tert-OH is 1. The van der Waals surface area contributed by atoms with Crippen molar-refractivity contribution in [2.24, 2.45) is 0 Å². The molecule has 1 aliphatic rings. The SMILES string of the molecule is CC[N+](C)(CC)CCCNC(=O)C1=C(O)c2ccccc2S(=O)(=O)N1C.[I-]. The lowest BCUT2D eigenvalue weighted by Gasteiger charge is -2.32. The molecule has 0 bridgehead atoms. The second-order valence-corrected chi connectivity index (χ2v) is 8.69. The van der Waals surface area contributed by atoms with Crippen molar-refractivity contribution in [2.75, 3.05) is 40.3 Å². The third-order valence-corrected chi connectivity index (χ3v) is 7.04. The number of quaternary nitrogens is 1. The van der Waals surface area contributed by atoms with Crippen LogP contribution in [0.15, 0.2) is 34.9 Å². The standard InChI is InChI=1S/C18H27N3O4S.HI/c1-5-21(4,6-2)13-9-12-19-18(23)16-17(22)14-10-7-8-11-15(14)26(24,25)20(16)3;/h7-8,10-11H,5-6,9,12-13H2,1-4H3,(H-,19,22,23);1H. The number of nitrogens with one attached hydrogen (secondary N) is 1. The number of hydrogen-bond acceptors (Lipinski definition) is 4. The van der Waals surface area contributed by atoms with E-state index in [0.29, 0.717) is 6.54 Å². The summed E-state index contributed by atoms with van der Waals surface area (Å²) in [6.45, 7) is 7.60. The molecule has 0 saturated heterocycles. The molecule has 7 nitrogen and oxygen atoms in total. The number of sulfonamides is 1. The fraction of sp³-hybridized carbons (Fsp3) is 0.500. The minimum absolute atomic E-state index is 0.